The summed E-state index contributed by atoms with van der Waals surface area (Å²) in [6.07, 6.45) is 8.78. The van der Waals surface area contributed by atoms with Gasteiger partial charge in [-0.15, -0.1) is 0 Å². The fourth-order valence-electron chi connectivity index (χ4n) is 3.78. The Labute approximate surface area is 156 Å². The Morgan fingerprint density at radius 2 is 1.92 bits per heavy atom. The molecule has 1 atom stereocenters. The molecule has 26 heavy (non-hydrogen) atoms. The van der Waals surface area contributed by atoms with E-state index in [-0.39, 0.29) is 17.9 Å². The molecule has 1 amide bonds. The van der Waals surface area contributed by atoms with Gasteiger partial charge in [0, 0.05) is 45.1 Å². The molecule has 1 saturated heterocycles. The minimum Gasteiger partial charge on any atom is -0.469 e. The van der Waals surface area contributed by atoms with E-state index in [9.17, 15) is 9.59 Å². The van der Waals surface area contributed by atoms with E-state index in [1.807, 2.05) is 4.90 Å². The third-order valence-corrected chi connectivity index (χ3v) is 5.35. The number of ether oxygens (including phenoxy) is 1. The summed E-state index contributed by atoms with van der Waals surface area (Å²) in [6.45, 7) is 2.44. The molecule has 7 nitrogen and oxygen atoms in total. The number of esters is 1. The third kappa shape index (κ3) is 6.50. The largest absolute Gasteiger partial charge is 0.469 e. The molecular formula is C19H34N4O3. The van der Waals surface area contributed by atoms with Gasteiger partial charge in [0.05, 0.1) is 7.11 Å². The summed E-state index contributed by atoms with van der Waals surface area (Å²) in [7, 11) is 3.19. The number of methoxy groups -OCH3 is 1. The number of unbranched alkanes of at least 4 members (excludes halogenated alkanes) is 2. The number of hydrogen-bond acceptors (Lipinski definition) is 4. The van der Waals surface area contributed by atoms with E-state index in [1.54, 1.807) is 7.05 Å². The lowest BCUT2D eigenvalue weighted by Crippen LogP contribution is -2.45. The molecule has 1 unspecified atom stereocenters. The lowest BCUT2D eigenvalue weighted by molar-refractivity contribution is -0.140. The maximum absolute atomic E-state index is 12.5. The molecule has 1 saturated carbocycles. The summed E-state index contributed by atoms with van der Waals surface area (Å²) >= 11 is 0. The monoisotopic (exact) mass is 366 g/mol. The first-order valence-electron chi connectivity index (χ1n) is 9.96. The second-order valence-corrected chi connectivity index (χ2v) is 7.28. The molecule has 0 bridgehead atoms. The van der Waals surface area contributed by atoms with Crippen LogP contribution < -0.4 is 10.6 Å². The van der Waals surface area contributed by atoms with Crippen LogP contribution in [-0.4, -0.2) is 62.6 Å². The number of carbonyl (C=O) groups is 2. The van der Waals surface area contributed by atoms with Crippen molar-refractivity contribution in [2.45, 2.75) is 63.8 Å². The normalized spacial score (nSPS) is 21.1. The fraction of sp³-hybridized carbons (Fsp3) is 0.842. The molecule has 2 N–H and O–H groups in total. The Kier molecular flexibility index (Phi) is 8.71. The first-order valence-corrected chi connectivity index (χ1v) is 9.96. The summed E-state index contributed by atoms with van der Waals surface area (Å²) in [6, 6.07) is 0.269. The number of hydrogen-bond donors (Lipinski definition) is 2. The Morgan fingerprint density at radius 3 is 2.62 bits per heavy atom. The van der Waals surface area contributed by atoms with Crippen molar-refractivity contribution >= 4 is 17.8 Å². The van der Waals surface area contributed by atoms with Gasteiger partial charge in [-0.1, -0.05) is 19.3 Å². The predicted octanol–water partition coefficient (Wildman–Crippen LogP) is 1.68. The van der Waals surface area contributed by atoms with E-state index < -0.39 is 0 Å². The number of likely N-dealkylation sites (tertiary alicyclic amines) is 1. The van der Waals surface area contributed by atoms with Crippen LogP contribution in [0.15, 0.2) is 4.99 Å². The van der Waals surface area contributed by atoms with Crippen LogP contribution in [0.5, 0.6) is 0 Å². The number of carbonyl (C=O) groups excluding carboxylic acids is 2. The topological polar surface area (TPSA) is 83.0 Å². The number of aliphatic imine (C=N–C) groups is 1. The molecule has 0 aromatic rings. The highest BCUT2D eigenvalue weighted by Crippen LogP contribution is 2.27. The summed E-state index contributed by atoms with van der Waals surface area (Å²) in [4.78, 5) is 29.9. The van der Waals surface area contributed by atoms with E-state index in [1.165, 1.54) is 20.0 Å². The van der Waals surface area contributed by atoms with Crippen molar-refractivity contribution < 1.29 is 14.3 Å². The molecule has 0 radical (unpaired) electrons. The maximum Gasteiger partial charge on any atom is 0.305 e. The quantitative estimate of drug-likeness (QED) is 0.296. The van der Waals surface area contributed by atoms with Crippen LogP contribution in [0.2, 0.25) is 0 Å². The Morgan fingerprint density at radius 1 is 1.15 bits per heavy atom. The summed E-state index contributed by atoms with van der Waals surface area (Å²) < 4.78 is 4.63. The van der Waals surface area contributed by atoms with Gasteiger partial charge in [0.25, 0.3) is 0 Å². The van der Waals surface area contributed by atoms with Crippen LogP contribution in [0, 0.1) is 5.92 Å². The van der Waals surface area contributed by atoms with Crippen molar-refractivity contribution in [2.24, 2.45) is 10.9 Å². The molecule has 1 aliphatic carbocycles. The van der Waals surface area contributed by atoms with Gasteiger partial charge in [0.2, 0.25) is 5.91 Å². The second-order valence-electron chi connectivity index (χ2n) is 7.28. The van der Waals surface area contributed by atoms with Crippen molar-refractivity contribution in [3.8, 4) is 0 Å². The minimum absolute atomic E-state index is 0.145. The summed E-state index contributed by atoms with van der Waals surface area (Å²) in [5.74, 6) is 1.25. The zero-order chi connectivity index (χ0) is 18.8. The van der Waals surface area contributed by atoms with E-state index in [4.69, 9.17) is 0 Å². The standard InChI is InChI=1S/C19H34N4O3/c1-20-19(21-12-7-3-4-10-17(24)26-2)22-16-11-13-23(14-16)18(25)15-8-5-6-9-15/h15-16H,3-14H2,1-2H3,(H2,20,21,22). The maximum atomic E-state index is 12.5. The first-order chi connectivity index (χ1) is 12.6. The summed E-state index contributed by atoms with van der Waals surface area (Å²) in [5.41, 5.74) is 0. The van der Waals surface area contributed by atoms with Crippen LogP contribution in [0.3, 0.4) is 0 Å². The zero-order valence-corrected chi connectivity index (χ0v) is 16.3. The Hall–Kier alpha value is -1.79. The van der Waals surface area contributed by atoms with Gasteiger partial charge < -0.3 is 20.3 Å². The average Bonchev–Trinajstić information content (AvgIpc) is 3.34. The SMILES string of the molecule is CN=C(NCCCCCC(=O)OC)NC1CCN(C(=O)C2CCCC2)C1. The van der Waals surface area contributed by atoms with Crippen LogP contribution in [0.25, 0.3) is 0 Å². The van der Waals surface area contributed by atoms with Gasteiger partial charge in [0.1, 0.15) is 0 Å². The highest BCUT2D eigenvalue weighted by Gasteiger charge is 2.32. The van der Waals surface area contributed by atoms with Gasteiger partial charge >= 0.3 is 5.97 Å². The third-order valence-electron chi connectivity index (χ3n) is 5.35. The molecule has 1 heterocycles. The highest BCUT2D eigenvalue weighted by atomic mass is 16.5. The molecule has 0 spiro atoms. The highest BCUT2D eigenvalue weighted by molar-refractivity contribution is 5.81. The summed E-state index contributed by atoms with van der Waals surface area (Å²) in [5, 5.41) is 6.75. The van der Waals surface area contributed by atoms with E-state index >= 15 is 0 Å². The van der Waals surface area contributed by atoms with Gasteiger partial charge in [-0.25, -0.2) is 0 Å². The van der Waals surface area contributed by atoms with Crippen LogP contribution in [0.1, 0.15) is 57.8 Å². The van der Waals surface area contributed by atoms with E-state index in [0.717, 1.165) is 64.1 Å². The molecular weight excluding hydrogens is 332 g/mol. The lowest BCUT2D eigenvalue weighted by atomic mass is 10.1. The van der Waals surface area contributed by atoms with Crippen molar-refractivity contribution in [1.29, 1.82) is 0 Å². The molecule has 1 aliphatic heterocycles. The lowest BCUT2D eigenvalue weighted by Gasteiger charge is -2.21. The number of amides is 1. The van der Waals surface area contributed by atoms with Crippen molar-refractivity contribution in [2.75, 3.05) is 33.8 Å². The molecule has 0 aromatic heterocycles. The second kappa shape index (κ2) is 11.0. The molecule has 148 valence electrons. The van der Waals surface area contributed by atoms with Gasteiger partial charge in [0.15, 0.2) is 5.96 Å². The smallest absolute Gasteiger partial charge is 0.305 e. The van der Waals surface area contributed by atoms with Crippen LogP contribution in [-0.2, 0) is 14.3 Å². The van der Waals surface area contributed by atoms with Gasteiger partial charge in [-0.2, -0.15) is 0 Å². The van der Waals surface area contributed by atoms with E-state index in [0.29, 0.717) is 12.3 Å². The zero-order valence-electron chi connectivity index (χ0n) is 16.3. The molecule has 2 fully saturated rings. The van der Waals surface area contributed by atoms with Crippen molar-refractivity contribution in [3.63, 3.8) is 0 Å². The van der Waals surface area contributed by atoms with Crippen LogP contribution >= 0.6 is 0 Å². The van der Waals surface area contributed by atoms with Gasteiger partial charge in [-0.05, 0) is 32.1 Å². The first kappa shape index (κ1) is 20.5. The molecule has 2 rings (SSSR count). The number of nitrogens with one attached hydrogen (secondary N) is 2. The Bertz CT molecular complexity index is 489. The molecule has 2 aliphatic rings. The number of rotatable bonds is 8. The van der Waals surface area contributed by atoms with Crippen molar-refractivity contribution in [3.05, 3.63) is 0 Å². The van der Waals surface area contributed by atoms with Gasteiger partial charge in [-0.3, -0.25) is 14.6 Å². The minimum atomic E-state index is -0.145. The molecule has 7 heteroatoms. The molecule has 0 aromatic carbocycles. The van der Waals surface area contributed by atoms with E-state index in [2.05, 4.69) is 20.4 Å². The fourth-order valence-corrected chi connectivity index (χ4v) is 3.78. The average molecular weight is 367 g/mol. The predicted molar refractivity (Wildman–Crippen MR) is 102 cm³/mol. The van der Waals surface area contributed by atoms with Crippen LogP contribution in [0.4, 0.5) is 0 Å². The number of guanidine groups is 1. The van der Waals surface area contributed by atoms with Crippen molar-refractivity contribution in [1.82, 2.24) is 15.5 Å². The number of nitrogens with zero attached hydrogens (tertiary/aromatic N) is 2. The Balaban J connectivity index is 1.61.